The fourth-order valence-corrected chi connectivity index (χ4v) is 7.04. The molecule has 1 aliphatic carbocycles. The van der Waals surface area contributed by atoms with Crippen LogP contribution in [-0.2, 0) is 25.0 Å². The molecule has 6 rings (SSSR count). The Morgan fingerprint density at radius 1 is 1.14 bits per heavy atom. The van der Waals surface area contributed by atoms with Gasteiger partial charge in [-0.2, -0.15) is 8.78 Å². The lowest BCUT2D eigenvalue weighted by Gasteiger charge is -2.25. The van der Waals surface area contributed by atoms with Gasteiger partial charge in [-0.3, -0.25) is 19.8 Å². The minimum atomic E-state index is -3.18. The van der Waals surface area contributed by atoms with E-state index >= 15 is 8.78 Å². The van der Waals surface area contributed by atoms with E-state index in [1.807, 2.05) is 0 Å². The Morgan fingerprint density at radius 2 is 1.89 bits per heavy atom. The van der Waals surface area contributed by atoms with Gasteiger partial charge in [-0.25, -0.2) is 0 Å². The van der Waals surface area contributed by atoms with E-state index in [2.05, 4.69) is 10.6 Å². The van der Waals surface area contributed by atoms with Gasteiger partial charge in [0, 0.05) is 38.9 Å². The Hall–Kier alpha value is -4.20. The largest absolute Gasteiger partial charge is 0.384 e. The van der Waals surface area contributed by atoms with Crippen molar-refractivity contribution in [3.05, 3.63) is 80.5 Å². The van der Waals surface area contributed by atoms with Crippen LogP contribution in [0.15, 0.2) is 47.8 Å². The van der Waals surface area contributed by atoms with Gasteiger partial charge in [0.05, 0.1) is 32.3 Å². The van der Waals surface area contributed by atoms with Crippen molar-refractivity contribution in [1.82, 2.24) is 15.5 Å². The Morgan fingerprint density at radius 3 is 2.59 bits per heavy atom. The quantitative estimate of drug-likeness (QED) is 0.234. The van der Waals surface area contributed by atoms with E-state index in [-0.39, 0.29) is 41.1 Å². The Kier molecular flexibility index (Phi) is 7.50. The number of halogens is 2. The van der Waals surface area contributed by atoms with Crippen molar-refractivity contribution in [1.29, 1.82) is 5.41 Å². The first-order chi connectivity index (χ1) is 20.9. The van der Waals surface area contributed by atoms with E-state index < -0.39 is 48.1 Å². The van der Waals surface area contributed by atoms with Crippen molar-refractivity contribution in [2.24, 2.45) is 5.73 Å². The third-order valence-corrected chi connectivity index (χ3v) is 9.46. The van der Waals surface area contributed by atoms with Crippen LogP contribution in [0.2, 0.25) is 0 Å². The smallest absolute Gasteiger partial charge is 0.299 e. The summed E-state index contributed by atoms with van der Waals surface area (Å²) < 4.78 is 41.9. The highest BCUT2D eigenvalue weighted by atomic mass is 32.1. The molecule has 2 atom stereocenters. The van der Waals surface area contributed by atoms with Gasteiger partial charge in [0.15, 0.2) is 5.79 Å². The predicted octanol–water partition coefficient (Wildman–Crippen LogP) is 3.41. The predicted molar refractivity (Wildman–Crippen MR) is 159 cm³/mol. The van der Waals surface area contributed by atoms with E-state index in [0.717, 1.165) is 4.88 Å². The van der Waals surface area contributed by atoms with Crippen LogP contribution in [0.25, 0.3) is 11.1 Å². The summed E-state index contributed by atoms with van der Waals surface area (Å²) in [4.78, 5) is 42.1. The molecule has 1 aromatic heterocycles. The molecule has 3 aromatic rings. The summed E-state index contributed by atoms with van der Waals surface area (Å²) in [7, 11) is 0. The second-order valence-electron chi connectivity index (χ2n) is 11.2. The number of likely N-dealkylation sites (tertiary alicyclic amines) is 1. The Bertz CT molecular complexity index is 1690. The lowest BCUT2D eigenvalue weighted by atomic mass is 10.0. The maximum absolute atomic E-state index is 15.2. The van der Waals surface area contributed by atoms with Crippen molar-refractivity contribution < 1.29 is 32.6 Å². The second kappa shape index (κ2) is 11.1. The fourth-order valence-electron chi connectivity index (χ4n) is 6.13. The summed E-state index contributed by atoms with van der Waals surface area (Å²) in [6.45, 7) is 3.65. The third kappa shape index (κ3) is 5.14. The number of fused-ring (bicyclic) bond motifs is 3. The second-order valence-corrected chi connectivity index (χ2v) is 12.2. The zero-order valence-electron chi connectivity index (χ0n) is 24.0. The van der Waals surface area contributed by atoms with Crippen LogP contribution >= 0.6 is 11.3 Å². The van der Waals surface area contributed by atoms with Gasteiger partial charge in [-0.05, 0) is 48.7 Å². The average molecular weight is 624 g/mol. The molecule has 0 saturated carbocycles. The third-order valence-electron chi connectivity index (χ3n) is 8.34. The number of benzene rings is 2. The standard InChI is InChI=1S/C31H31F2N5O5S/c1-16-4-3-5-20-21-10-18(6-7-22(21)31(32,33)26(16)20)28(40)36-13-25(39)38-15-30(42-8-9-43-30)12-23(38)29(41)37-17(2)24-11-19(14-44-24)27(34)35/h3-7,10-11,14,17,23H,8-9,12-13,15H2,1-2H3,(H3,34,35)(H,36,40)(H,37,41)/t17?,23-/m0/s1. The molecule has 3 amide bonds. The molecule has 2 saturated heterocycles. The molecule has 2 aliphatic heterocycles. The average Bonchev–Trinajstić information content (AvgIpc) is 3.78. The molecule has 5 N–H and O–H groups in total. The normalized spacial score (nSPS) is 19.8. The molecule has 10 nitrogen and oxygen atoms in total. The number of amides is 3. The molecule has 1 unspecified atom stereocenters. The number of nitrogens with zero attached hydrogens (tertiary/aromatic N) is 1. The molecule has 2 aromatic carbocycles. The van der Waals surface area contributed by atoms with Crippen LogP contribution < -0.4 is 16.4 Å². The van der Waals surface area contributed by atoms with Gasteiger partial charge < -0.3 is 30.7 Å². The number of nitrogens with two attached hydrogens (primary N) is 1. The van der Waals surface area contributed by atoms with Crippen molar-refractivity contribution in [2.45, 2.75) is 44.1 Å². The van der Waals surface area contributed by atoms with Crippen molar-refractivity contribution in [3.8, 4) is 11.1 Å². The molecule has 13 heteroatoms. The molecule has 230 valence electrons. The van der Waals surface area contributed by atoms with Gasteiger partial charge in [0.2, 0.25) is 11.8 Å². The van der Waals surface area contributed by atoms with E-state index in [1.165, 1.54) is 34.4 Å². The number of alkyl halides is 2. The molecule has 0 radical (unpaired) electrons. The number of ether oxygens (including phenoxy) is 2. The topological polar surface area (TPSA) is 147 Å². The molecular weight excluding hydrogens is 592 g/mol. The van der Waals surface area contributed by atoms with Crippen LogP contribution in [0.1, 0.15) is 56.9 Å². The van der Waals surface area contributed by atoms with Gasteiger partial charge >= 0.3 is 0 Å². The number of nitrogens with one attached hydrogen (secondary N) is 3. The summed E-state index contributed by atoms with van der Waals surface area (Å²) in [6.07, 6.45) is 0.117. The number of hydrogen-bond donors (Lipinski definition) is 4. The molecule has 3 aliphatic rings. The lowest BCUT2D eigenvalue weighted by molar-refractivity contribution is -0.152. The maximum Gasteiger partial charge on any atom is 0.299 e. The van der Waals surface area contributed by atoms with E-state index in [0.29, 0.717) is 29.9 Å². The molecule has 0 bridgehead atoms. The number of hydrogen-bond acceptors (Lipinski definition) is 7. The number of nitrogen functional groups attached to an aromatic ring is 1. The molecule has 1 spiro atoms. The van der Waals surface area contributed by atoms with Gasteiger partial charge in [0.25, 0.3) is 11.8 Å². The van der Waals surface area contributed by atoms with Crippen molar-refractivity contribution in [2.75, 3.05) is 26.3 Å². The minimum Gasteiger partial charge on any atom is -0.384 e. The van der Waals surface area contributed by atoms with Gasteiger partial charge in [0.1, 0.15) is 11.9 Å². The first kappa shape index (κ1) is 29.9. The highest BCUT2D eigenvalue weighted by molar-refractivity contribution is 7.10. The van der Waals surface area contributed by atoms with Crippen molar-refractivity contribution in [3.63, 3.8) is 0 Å². The van der Waals surface area contributed by atoms with Crippen LogP contribution in [0.4, 0.5) is 8.78 Å². The maximum atomic E-state index is 15.2. The minimum absolute atomic E-state index is 0.00568. The Balaban J connectivity index is 1.15. The summed E-state index contributed by atoms with van der Waals surface area (Å²) in [5.41, 5.74) is 7.12. The molecule has 44 heavy (non-hydrogen) atoms. The summed E-state index contributed by atoms with van der Waals surface area (Å²) in [5.74, 6) is -5.92. The SMILES string of the molecule is Cc1cccc2c1C(F)(F)c1ccc(C(=O)NCC(=O)N3CC4(C[C@H]3C(=O)NC(C)c3cc(C(=N)N)cs3)OCCO4)cc1-2. The van der Waals surface area contributed by atoms with Crippen LogP contribution in [-0.4, -0.2) is 66.6 Å². The zero-order valence-corrected chi connectivity index (χ0v) is 24.9. The first-order valence-electron chi connectivity index (χ1n) is 14.1. The highest BCUT2D eigenvalue weighted by Gasteiger charge is 2.52. The van der Waals surface area contributed by atoms with Crippen molar-refractivity contribution >= 4 is 34.9 Å². The molecule has 2 fully saturated rings. The van der Waals surface area contributed by atoms with E-state index in [9.17, 15) is 14.4 Å². The number of amidine groups is 1. The number of carbonyl (C=O) groups excluding carboxylic acids is 3. The molecular formula is C31H31F2N5O5S. The van der Waals surface area contributed by atoms with E-state index in [1.54, 1.807) is 43.5 Å². The first-order valence-corrected chi connectivity index (χ1v) is 15.0. The van der Waals surface area contributed by atoms with Crippen LogP contribution in [0, 0.1) is 12.3 Å². The van der Waals surface area contributed by atoms with Gasteiger partial charge in [-0.1, -0.05) is 24.3 Å². The monoisotopic (exact) mass is 623 g/mol. The number of carbonyl (C=O) groups is 3. The van der Waals surface area contributed by atoms with Crippen LogP contribution in [0.5, 0.6) is 0 Å². The number of rotatable bonds is 7. The summed E-state index contributed by atoms with van der Waals surface area (Å²) >= 11 is 1.36. The summed E-state index contributed by atoms with van der Waals surface area (Å²) in [5, 5.41) is 14.8. The Labute approximate surface area is 256 Å². The van der Waals surface area contributed by atoms with Gasteiger partial charge in [-0.15, -0.1) is 11.3 Å². The van der Waals surface area contributed by atoms with E-state index in [4.69, 9.17) is 20.6 Å². The number of aryl methyl sites for hydroxylation is 1. The number of thiophene rings is 1. The molecule has 3 heterocycles. The highest BCUT2D eigenvalue weighted by Crippen LogP contribution is 2.52. The fraction of sp³-hybridized carbons (Fsp3) is 0.355. The van der Waals surface area contributed by atoms with Crippen LogP contribution in [0.3, 0.4) is 0 Å². The zero-order chi connectivity index (χ0) is 31.4. The summed E-state index contributed by atoms with van der Waals surface area (Å²) in [6, 6.07) is 9.31. The lowest BCUT2D eigenvalue weighted by Crippen LogP contribution is -2.49.